The molecule has 0 unspecified atom stereocenters. The Morgan fingerprint density at radius 3 is 2.93 bits per heavy atom. The molecule has 0 saturated carbocycles. The minimum atomic E-state index is 0.318. The first-order valence-electron chi connectivity index (χ1n) is 5.01. The van der Waals surface area contributed by atoms with Crippen molar-refractivity contribution in [1.82, 2.24) is 9.97 Å². The average Bonchev–Trinajstić information content (AvgIpc) is 2.12. The highest BCUT2D eigenvalue weighted by Crippen LogP contribution is 2.06. The van der Waals surface area contributed by atoms with E-state index in [9.17, 15) is 0 Å². The summed E-state index contributed by atoms with van der Waals surface area (Å²) < 4.78 is 0. The molecule has 4 heteroatoms. The highest BCUT2D eigenvalue weighted by Gasteiger charge is 1.96. The Morgan fingerprint density at radius 1 is 1.50 bits per heavy atom. The summed E-state index contributed by atoms with van der Waals surface area (Å²) in [5.41, 5.74) is 5.45. The molecule has 0 saturated heterocycles. The smallest absolute Gasteiger partial charge is 0.221 e. The molecule has 0 fully saturated rings. The zero-order chi connectivity index (χ0) is 10.4. The maximum atomic E-state index is 5.45. The number of nitrogens with one attached hydrogen (secondary N) is 1. The van der Waals surface area contributed by atoms with Gasteiger partial charge >= 0.3 is 0 Å². The zero-order valence-corrected chi connectivity index (χ0v) is 8.83. The molecule has 1 aromatic heterocycles. The van der Waals surface area contributed by atoms with Crippen LogP contribution in [0.25, 0.3) is 0 Å². The topological polar surface area (TPSA) is 63.8 Å². The molecule has 4 nitrogen and oxygen atoms in total. The molecule has 0 amide bonds. The van der Waals surface area contributed by atoms with E-state index in [2.05, 4.69) is 29.1 Å². The van der Waals surface area contributed by atoms with Crippen molar-refractivity contribution in [2.75, 3.05) is 17.6 Å². The Labute approximate surface area is 85.0 Å². The lowest BCUT2D eigenvalue weighted by atomic mass is 10.1. The van der Waals surface area contributed by atoms with Crippen LogP contribution in [0.2, 0.25) is 0 Å². The van der Waals surface area contributed by atoms with Crippen molar-refractivity contribution in [3.63, 3.8) is 0 Å². The lowest BCUT2D eigenvalue weighted by molar-refractivity contribution is 0.566. The van der Waals surface area contributed by atoms with Gasteiger partial charge < -0.3 is 11.1 Å². The van der Waals surface area contributed by atoms with Crippen LogP contribution in [0, 0.1) is 5.92 Å². The minimum absolute atomic E-state index is 0.318. The molecule has 0 aliphatic carbocycles. The number of rotatable bonds is 5. The molecular formula is C10H18N4. The quantitative estimate of drug-likeness (QED) is 0.703. The van der Waals surface area contributed by atoms with E-state index >= 15 is 0 Å². The standard InChI is InChI=1S/C10H18N4/c1-8(2)4-3-6-12-9-5-7-13-10(11)14-9/h5,7-8H,3-4,6H2,1-2H3,(H3,11,12,13,14). The third-order valence-corrected chi connectivity index (χ3v) is 1.94. The van der Waals surface area contributed by atoms with E-state index in [0.717, 1.165) is 24.7 Å². The van der Waals surface area contributed by atoms with Crippen molar-refractivity contribution in [3.05, 3.63) is 12.3 Å². The lowest BCUT2D eigenvalue weighted by Crippen LogP contribution is -2.06. The molecular weight excluding hydrogens is 176 g/mol. The van der Waals surface area contributed by atoms with E-state index in [-0.39, 0.29) is 0 Å². The van der Waals surface area contributed by atoms with Crippen molar-refractivity contribution in [2.45, 2.75) is 26.7 Å². The van der Waals surface area contributed by atoms with E-state index < -0.39 is 0 Å². The van der Waals surface area contributed by atoms with E-state index in [1.54, 1.807) is 6.20 Å². The Kier molecular flexibility index (Phi) is 4.16. The van der Waals surface area contributed by atoms with Crippen LogP contribution in [0.1, 0.15) is 26.7 Å². The summed E-state index contributed by atoms with van der Waals surface area (Å²) in [6.45, 7) is 5.39. The van der Waals surface area contributed by atoms with Gasteiger partial charge in [-0.15, -0.1) is 0 Å². The van der Waals surface area contributed by atoms with Gasteiger partial charge in [0.25, 0.3) is 0 Å². The largest absolute Gasteiger partial charge is 0.370 e. The molecule has 14 heavy (non-hydrogen) atoms. The third kappa shape index (κ3) is 4.07. The van der Waals surface area contributed by atoms with Crippen molar-refractivity contribution < 1.29 is 0 Å². The molecule has 78 valence electrons. The van der Waals surface area contributed by atoms with E-state index in [1.807, 2.05) is 6.07 Å². The molecule has 0 radical (unpaired) electrons. The first-order chi connectivity index (χ1) is 6.68. The summed E-state index contributed by atoms with van der Waals surface area (Å²) in [6.07, 6.45) is 4.04. The average molecular weight is 194 g/mol. The van der Waals surface area contributed by atoms with Gasteiger partial charge in [0, 0.05) is 12.7 Å². The van der Waals surface area contributed by atoms with Crippen molar-refractivity contribution >= 4 is 11.8 Å². The predicted molar refractivity (Wildman–Crippen MR) is 59.0 cm³/mol. The van der Waals surface area contributed by atoms with Gasteiger partial charge in [-0.25, -0.2) is 4.98 Å². The van der Waals surface area contributed by atoms with E-state index in [1.165, 1.54) is 6.42 Å². The number of nitrogen functional groups attached to an aromatic ring is 1. The zero-order valence-electron chi connectivity index (χ0n) is 8.83. The van der Waals surface area contributed by atoms with E-state index in [4.69, 9.17) is 5.73 Å². The van der Waals surface area contributed by atoms with Crippen LogP contribution >= 0.6 is 0 Å². The highest BCUT2D eigenvalue weighted by molar-refractivity contribution is 5.36. The SMILES string of the molecule is CC(C)CCCNc1ccnc(N)n1. The van der Waals surface area contributed by atoms with Crippen LogP contribution in [-0.2, 0) is 0 Å². The number of anilines is 2. The third-order valence-electron chi connectivity index (χ3n) is 1.94. The number of aromatic nitrogens is 2. The van der Waals surface area contributed by atoms with Crippen LogP contribution in [0.3, 0.4) is 0 Å². The van der Waals surface area contributed by atoms with Gasteiger partial charge in [0.1, 0.15) is 5.82 Å². The van der Waals surface area contributed by atoms with Gasteiger partial charge in [-0.1, -0.05) is 13.8 Å². The van der Waals surface area contributed by atoms with Gasteiger partial charge in [-0.3, -0.25) is 0 Å². The summed E-state index contributed by atoms with van der Waals surface area (Å²) in [5, 5.41) is 3.21. The summed E-state index contributed by atoms with van der Waals surface area (Å²) in [4.78, 5) is 7.87. The first-order valence-corrected chi connectivity index (χ1v) is 5.01. The Bertz CT molecular complexity index is 273. The van der Waals surface area contributed by atoms with Crippen LogP contribution in [0.4, 0.5) is 11.8 Å². The van der Waals surface area contributed by atoms with Crippen LogP contribution in [0.15, 0.2) is 12.3 Å². The molecule has 1 heterocycles. The Morgan fingerprint density at radius 2 is 2.29 bits per heavy atom. The molecule has 0 atom stereocenters. The summed E-state index contributed by atoms with van der Waals surface area (Å²) in [6, 6.07) is 1.83. The maximum absolute atomic E-state index is 5.45. The second-order valence-electron chi connectivity index (χ2n) is 3.76. The predicted octanol–water partition coefficient (Wildman–Crippen LogP) is 1.91. The molecule has 3 N–H and O–H groups in total. The summed E-state index contributed by atoms with van der Waals surface area (Å²) in [5.74, 6) is 1.88. The van der Waals surface area contributed by atoms with Crippen molar-refractivity contribution in [1.29, 1.82) is 0 Å². The molecule has 0 spiro atoms. The van der Waals surface area contributed by atoms with Crippen LogP contribution < -0.4 is 11.1 Å². The summed E-state index contributed by atoms with van der Waals surface area (Å²) in [7, 11) is 0. The lowest BCUT2D eigenvalue weighted by Gasteiger charge is -2.06. The molecule has 0 aliphatic heterocycles. The second-order valence-corrected chi connectivity index (χ2v) is 3.76. The van der Waals surface area contributed by atoms with Gasteiger partial charge in [-0.2, -0.15) is 4.98 Å². The molecule has 0 bridgehead atoms. The fourth-order valence-electron chi connectivity index (χ4n) is 1.20. The van der Waals surface area contributed by atoms with Crippen LogP contribution in [0.5, 0.6) is 0 Å². The van der Waals surface area contributed by atoms with Crippen molar-refractivity contribution in [2.24, 2.45) is 5.92 Å². The van der Waals surface area contributed by atoms with Gasteiger partial charge in [-0.05, 0) is 24.8 Å². The normalized spacial score (nSPS) is 10.5. The second kappa shape index (κ2) is 5.42. The molecule has 0 aliphatic rings. The monoisotopic (exact) mass is 194 g/mol. The van der Waals surface area contributed by atoms with Gasteiger partial charge in [0.2, 0.25) is 5.95 Å². The fourth-order valence-corrected chi connectivity index (χ4v) is 1.20. The summed E-state index contributed by atoms with van der Waals surface area (Å²) >= 11 is 0. The number of hydrogen-bond donors (Lipinski definition) is 2. The Hall–Kier alpha value is -1.32. The van der Waals surface area contributed by atoms with Crippen molar-refractivity contribution in [3.8, 4) is 0 Å². The van der Waals surface area contributed by atoms with E-state index in [0.29, 0.717) is 5.95 Å². The first kappa shape index (κ1) is 10.8. The Balaban J connectivity index is 2.25. The maximum Gasteiger partial charge on any atom is 0.221 e. The number of hydrogen-bond acceptors (Lipinski definition) is 4. The molecule has 1 aromatic rings. The fraction of sp³-hybridized carbons (Fsp3) is 0.600. The van der Waals surface area contributed by atoms with Gasteiger partial charge in [0.05, 0.1) is 0 Å². The number of nitrogens with two attached hydrogens (primary N) is 1. The van der Waals surface area contributed by atoms with Gasteiger partial charge in [0.15, 0.2) is 0 Å². The molecule has 0 aromatic carbocycles. The highest BCUT2D eigenvalue weighted by atomic mass is 15.1. The number of nitrogens with zero attached hydrogens (tertiary/aromatic N) is 2. The van der Waals surface area contributed by atoms with Crippen LogP contribution in [-0.4, -0.2) is 16.5 Å². The minimum Gasteiger partial charge on any atom is -0.370 e. The molecule has 1 rings (SSSR count).